The van der Waals surface area contributed by atoms with Gasteiger partial charge in [0.25, 0.3) is 0 Å². The number of benzene rings is 1. The minimum absolute atomic E-state index is 0.0187. The zero-order valence-electron chi connectivity index (χ0n) is 13.1. The van der Waals surface area contributed by atoms with Gasteiger partial charge in [0.2, 0.25) is 5.91 Å². The third kappa shape index (κ3) is 4.25. The molecule has 1 saturated heterocycles. The second kappa shape index (κ2) is 7.17. The highest BCUT2D eigenvalue weighted by molar-refractivity contribution is 5.78. The lowest BCUT2D eigenvalue weighted by Crippen LogP contribution is -2.57. The summed E-state index contributed by atoms with van der Waals surface area (Å²) < 4.78 is 18.8. The molecule has 1 unspecified atom stereocenters. The Morgan fingerprint density at radius 2 is 2.09 bits per heavy atom. The molecule has 1 atom stereocenters. The maximum absolute atomic E-state index is 13.0. The maximum Gasteiger partial charge on any atom is 0.236 e. The number of aliphatic hydroxyl groups is 1. The minimum Gasteiger partial charge on any atom is -0.393 e. The fourth-order valence-corrected chi connectivity index (χ4v) is 2.66. The molecule has 0 saturated carbocycles. The first-order chi connectivity index (χ1) is 10.4. The summed E-state index contributed by atoms with van der Waals surface area (Å²) in [5, 5.41) is 9.79. The highest BCUT2D eigenvalue weighted by atomic mass is 19.1. The summed E-state index contributed by atoms with van der Waals surface area (Å²) in [5.41, 5.74) is 0.0512. The Bertz CT molecular complexity index is 507. The third-order valence-corrected chi connectivity index (χ3v) is 3.78. The molecule has 0 radical (unpaired) electrons. The Labute approximate surface area is 130 Å². The molecule has 0 aromatic heterocycles. The van der Waals surface area contributed by atoms with Crippen LogP contribution in [0.4, 0.5) is 4.39 Å². The molecular weight excluding hydrogens is 287 g/mol. The Balaban J connectivity index is 2.08. The number of nitrogens with zero attached hydrogens (tertiary/aromatic N) is 2. The van der Waals surface area contributed by atoms with Crippen LogP contribution in [0.3, 0.4) is 0 Å². The maximum atomic E-state index is 13.0. The number of morpholine rings is 1. The summed E-state index contributed by atoms with van der Waals surface area (Å²) in [6.07, 6.45) is 0.440. The Morgan fingerprint density at radius 1 is 1.41 bits per heavy atom. The van der Waals surface area contributed by atoms with E-state index in [-0.39, 0.29) is 18.3 Å². The molecule has 1 aromatic rings. The van der Waals surface area contributed by atoms with Crippen molar-refractivity contribution in [2.45, 2.75) is 12.0 Å². The number of aliphatic hydroxyl groups excluding tert-OH is 1. The number of likely N-dealkylation sites (N-methyl/N-ethyl adjacent to an activating group) is 1. The molecule has 0 aliphatic carbocycles. The summed E-state index contributed by atoms with van der Waals surface area (Å²) in [5.74, 6) is -0.278. The smallest absolute Gasteiger partial charge is 0.236 e. The molecule has 1 aliphatic rings. The lowest BCUT2D eigenvalue weighted by atomic mass is 9.93. The normalized spacial score (nSPS) is 22.1. The fourth-order valence-electron chi connectivity index (χ4n) is 2.66. The van der Waals surface area contributed by atoms with Crippen molar-refractivity contribution in [3.8, 4) is 0 Å². The number of hydrogen-bond donors (Lipinski definition) is 1. The molecule has 1 aromatic carbocycles. The third-order valence-electron chi connectivity index (χ3n) is 3.78. The molecule has 1 amide bonds. The van der Waals surface area contributed by atoms with Gasteiger partial charge in [0.15, 0.2) is 0 Å². The average molecular weight is 310 g/mol. The Morgan fingerprint density at radius 3 is 2.68 bits per heavy atom. The van der Waals surface area contributed by atoms with Crippen molar-refractivity contribution in [3.63, 3.8) is 0 Å². The minimum atomic E-state index is -0.821. The largest absolute Gasteiger partial charge is 0.393 e. The van der Waals surface area contributed by atoms with Crippen LogP contribution in [0, 0.1) is 5.82 Å². The van der Waals surface area contributed by atoms with Gasteiger partial charge in [-0.25, -0.2) is 4.39 Å². The predicted octanol–water partition coefficient (Wildman–Crippen LogP) is 0.520. The molecule has 1 heterocycles. The molecular formula is C16H23FN2O3. The number of carbonyl (C=O) groups excluding carboxylic acids is 1. The van der Waals surface area contributed by atoms with Crippen LogP contribution in [0.25, 0.3) is 0 Å². The van der Waals surface area contributed by atoms with Gasteiger partial charge in [-0.15, -0.1) is 0 Å². The number of amides is 1. The second-order valence-corrected chi connectivity index (χ2v) is 6.05. The van der Waals surface area contributed by atoms with Gasteiger partial charge in [0.05, 0.1) is 26.3 Å². The van der Waals surface area contributed by atoms with E-state index in [4.69, 9.17) is 4.74 Å². The van der Waals surface area contributed by atoms with Crippen molar-refractivity contribution in [1.29, 1.82) is 0 Å². The molecule has 1 aliphatic heterocycles. The van der Waals surface area contributed by atoms with Crippen LogP contribution in [-0.2, 0) is 16.0 Å². The molecule has 22 heavy (non-hydrogen) atoms. The predicted molar refractivity (Wildman–Crippen MR) is 81.0 cm³/mol. The number of hydrogen-bond acceptors (Lipinski definition) is 4. The van der Waals surface area contributed by atoms with Crippen LogP contribution in [0.2, 0.25) is 0 Å². The van der Waals surface area contributed by atoms with Gasteiger partial charge >= 0.3 is 0 Å². The molecule has 1 fully saturated rings. The highest BCUT2D eigenvalue weighted by Crippen LogP contribution is 2.23. The molecule has 1 N–H and O–H groups in total. The zero-order chi connectivity index (χ0) is 16.2. The number of halogens is 1. The molecule has 0 bridgehead atoms. The van der Waals surface area contributed by atoms with Crippen molar-refractivity contribution < 1.29 is 19.0 Å². The standard InChI is InChI=1S/C16H23FN2O3/c1-18(2)10-15(21)19-7-8-22-16(11-19,12-20)9-13-3-5-14(17)6-4-13/h3-6,20H,7-12H2,1-2H3. The number of carbonyl (C=O) groups is 1. The van der Waals surface area contributed by atoms with Crippen molar-refractivity contribution in [2.75, 3.05) is 46.9 Å². The van der Waals surface area contributed by atoms with Crippen molar-refractivity contribution in [1.82, 2.24) is 9.80 Å². The van der Waals surface area contributed by atoms with Crippen LogP contribution in [-0.4, -0.2) is 73.4 Å². The van der Waals surface area contributed by atoms with E-state index < -0.39 is 5.60 Å². The molecule has 0 spiro atoms. The Hall–Kier alpha value is -1.50. The van der Waals surface area contributed by atoms with Gasteiger partial charge in [-0.05, 0) is 31.8 Å². The van der Waals surface area contributed by atoms with E-state index in [1.807, 2.05) is 19.0 Å². The van der Waals surface area contributed by atoms with Crippen molar-refractivity contribution in [2.24, 2.45) is 0 Å². The summed E-state index contributed by atoms with van der Waals surface area (Å²) in [7, 11) is 3.69. The molecule has 122 valence electrons. The summed E-state index contributed by atoms with van der Waals surface area (Å²) in [6, 6.07) is 6.13. The van der Waals surface area contributed by atoms with Gasteiger partial charge in [-0.1, -0.05) is 12.1 Å². The molecule has 6 heteroatoms. The van der Waals surface area contributed by atoms with Crippen molar-refractivity contribution in [3.05, 3.63) is 35.6 Å². The summed E-state index contributed by atoms with van der Waals surface area (Å²) >= 11 is 0. The van der Waals surface area contributed by atoms with Gasteiger partial charge in [-0.3, -0.25) is 4.79 Å². The van der Waals surface area contributed by atoms with Crippen molar-refractivity contribution >= 4 is 5.91 Å². The van der Waals surface area contributed by atoms with Crippen LogP contribution in [0.15, 0.2) is 24.3 Å². The van der Waals surface area contributed by atoms with Crippen LogP contribution < -0.4 is 0 Å². The number of ether oxygens (including phenoxy) is 1. The second-order valence-electron chi connectivity index (χ2n) is 6.05. The van der Waals surface area contributed by atoms with Crippen LogP contribution >= 0.6 is 0 Å². The van der Waals surface area contributed by atoms with Gasteiger partial charge in [0, 0.05) is 13.0 Å². The average Bonchev–Trinajstić information content (AvgIpc) is 2.49. The fraction of sp³-hybridized carbons (Fsp3) is 0.562. The van der Waals surface area contributed by atoms with E-state index in [1.165, 1.54) is 12.1 Å². The number of rotatable bonds is 5. The first-order valence-electron chi connectivity index (χ1n) is 7.36. The van der Waals surface area contributed by atoms with E-state index in [0.29, 0.717) is 32.7 Å². The van der Waals surface area contributed by atoms with E-state index in [0.717, 1.165) is 5.56 Å². The highest BCUT2D eigenvalue weighted by Gasteiger charge is 2.38. The van der Waals surface area contributed by atoms with E-state index in [1.54, 1.807) is 17.0 Å². The zero-order valence-corrected chi connectivity index (χ0v) is 13.1. The van der Waals surface area contributed by atoms with Gasteiger partial charge in [-0.2, -0.15) is 0 Å². The first kappa shape index (κ1) is 16.9. The van der Waals surface area contributed by atoms with E-state index in [2.05, 4.69) is 0 Å². The quantitative estimate of drug-likeness (QED) is 0.861. The molecule has 2 rings (SSSR count). The SMILES string of the molecule is CN(C)CC(=O)N1CCOC(CO)(Cc2ccc(F)cc2)C1. The topological polar surface area (TPSA) is 53.0 Å². The van der Waals surface area contributed by atoms with E-state index >= 15 is 0 Å². The van der Waals surface area contributed by atoms with Gasteiger partial charge < -0.3 is 19.6 Å². The lowest BCUT2D eigenvalue weighted by molar-refractivity contribution is -0.158. The lowest BCUT2D eigenvalue weighted by Gasteiger charge is -2.42. The monoisotopic (exact) mass is 310 g/mol. The van der Waals surface area contributed by atoms with Gasteiger partial charge in [0.1, 0.15) is 11.4 Å². The summed E-state index contributed by atoms with van der Waals surface area (Å²) in [4.78, 5) is 15.8. The first-order valence-corrected chi connectivity index (χ1v) is 7.36. The Kier molecular flexibility index (Phi) is 5.50. The van der Waals surface area contributed by atoms with Crippen LogP contribution in [0.1, 0.15) is 5.56 Å². The molecule has 5 nitrogen and oxygen atoms in total. The van der Waals surface area contributed by atoms with E-state index in [9.17, 15) is 14.3 Å². The van der Waals surface area contributed by atoms with Crippen LogP contribution in [0.5, 0.6) is 0 Å². The summed E-state index contributed by atoms with van der Waals surface area (Å²) in [6.45, 7) is 1.40.